The molecule has 3 rings (SSSR count). The van der Waals surface area contributed by atoms with Gasteiger partial charge in [-0.1, -0.05) is 24.1 Å². The molecule has 0 saturated heterocycles. The molecule has 0 spiro atoms. The van der Waals surface area contributed by atoms with E-state index in [0.29, 0.717) is 11.6 Å². The molecule has 1 amide bonds. The van der Waals surface area contributed by atoms with Crippen molar-refractivity contribution in [1.82, 2.24) is 15.2 Å². The number of carbonyl (C=O) groups is 1. The smallest absolute Gasteiger partial charge is 0.265 e. The first-order chi connectivity index (χ1) is 12.5. The molecule has 0 bridgehead atoms. The van der Waals surface area contributed by atoms with E-state index in [1.165, 1.54) is 0 Å². The molecule has 0 aliphatic carbocycles. The number of nitrogen functional groups attached to an aromatic ring is 1. The molecular weight excluding hydrogens is 346 g/mol. The minimum atomic E-state index is -0.286. The SMILES string of the molecule is CSN(Cc1ccc(C(=O)NN)cc1)c1ccc2cnn(C(C)C)c2c1. The molecule has 6 nitrogen and oxygen atoms in total. The van der Waals surface area contributed by atoms with E-state index in [1.807, 2.05) is 23.0 Å². The van der Waals surface area contributed by atoms with E-state index in [9.17, 15) is 4.79 Å². The zero-order chi connectivity index (χ0) is 18.7. The molecule has 3 N–H and O–H groups in total. The maximum absolute atomic E-state index is 11.6. The lowest BCUT2D eigenvalue weighted by Crippen LogP contribution is -2.29. The molecule has 0 aliphatic rings. The summed E-state index contributed by atoms with van der Waals surface area (Å²) in [6.07, 6.45) is 3.96. The first kappa shape index (κ1) is 18.3. The molecule has 1 heterocycles. The molecule has 136 valence electrons. The number of carbonyl (C=O) groups excluding carboxylic acids is 1. The average molecular weight is 369 g/mol. The molecular formula is C19H23N5OS. The number of aromatic nitrogens is 2. The number of hydrogen-bond acceptors (Lipinski definition) is 5. The second-order valence-electron chi connectivity index (χ2n) is 6.32. The molecule has 0 fully saturated rings. The lowest BCUT2D eigenvalue weighted by Gasteiger charge is -2.22. The molecule has 0 radical (unpaired) electrons. The summed E-state index contributed by atoms with van der Waals surface area (Å²) < 4.78 is 4.26. The van der Waals surface area contributed by atoms with Crippen LogP contribution in [0, 0.1) is 0 Å². The number of nitrogens with two attached hydrogens (primary N) is 1. The number of amides is 1. The molecule has 2 aromatic carbocycles. The van der Waals surface area contributed by atoms with Gasteiger partial charge in [0, 0.05) is 28.9 Å². The highest BCUT2D eigenvalue weighted by Gasteiger charge is 2.12. The van der Waals surface area contributed by atoms with Crippen LogP contribution in [0.5, 0.6) is 0 Å². The van der Waals surface area contributed by atoms with Gasteiger partial charge in [0.25, 0.3) is 5.91 Å². The summed E-state index contributed by atoms with van der Waals surface area (Å²) in [7, 11) is 0. The maximum atomic E-state index is 11.6. The molecule has 0 atom stereocenters. The van der Waals surface area contributed by atoms with Gasteiger partial charge in [-0.3, -0.25) is 14.9 Å². The van der Waals surface area contributed by atoms with Crippen molar-refractivity contribution >= 4 is 34.4 Å². The normalized spacial score (nSPS) is 11.1. The largest absolute Gasteiger partial charge is 0.312 e. The van der Waals surface area contributed by atoms with Crippen LogP contribution in [0.3, 0.4) is 0 Å². The van der Waals surface area contributed by atoms with Crippen LogP contribution in [-0.4, -0.2) is 21.9 Å². The number of benzene rings is 2. The van der Waals surface area contributed by atoms with Crippen LogP contribution in [0.25, 0.3) is 10.9 Å². The van der Waals surface area contributed by atoms with E-state index in [0.717, 1.165) is 28.7 Å². The van der Waals surface area contributed by atoms with E-state index < -0.39 is 0 Å². The number of nitrogens with zero attached hydrogens (tertiary/aromatic N) is 3. The highest BCUT2D eigenvalue weighted by atomic mass is 32.2. The van der Waals surface area contributed by atoms with Gasteiger partial charge in [-0.25, -0.2) is 5.84 Å². The predicted octanol–water partition coefficient (Wildman–Crippen LogP) is 3.51. The Labute approximate surface area is 157 Å². The number of fused-ring (bicyclic) bond motifs is 1. The van der Waals surface area contributed by atoms with E-state index in [-0.39, 0.29) is 5.91 Å². The summed E-state index contributed by atoms with van der Waals surface area (Å²) in [4.78, 5) is 11.6. The van der Waals surface area contributed by atoms with Gasteiger partial charge in [-0.05, 0) is 49.7 Å². The van der Waals surface area contributed by atoms with E-state index in [2.05, 4.69) is 53.1 Å². The van der Waals surface area contributed by atoms with Crippen LogP contribution in [0.2, 0.25) is 0 Å². The number of hydrazine groups is 1. The number of nitrogens with one attached hydrogen (secondary N) is 1. The minimum Gasteiger partial charge on any atom is -0.312 e. The quantitative estimate of drug-likeness (QED) is 0.301. The van der Waals surface area contributed by atoms with Crippen molar-refractivity contribution in [3.8, 4) is 0 Å². The van der Waals surface area contributed by atoms with Gasteiger partial charge >= 0.3 is 0 Å². The third-order valence-corrected chi connectivity index (χ3v) is 5.03. The monoisotopic (exact) mass is 369 g/mol. The number of rotatable bonds is 6. The Hall–Kier alpha value is -2.51. The van der Waals surface area contributed by atoms with Crippen molar-refractivity contribution in [3.05, 3.63) is 59.8 Å². The standard InChI is InChI=1S/C19H23N5OS/c1-13(2)24-18-10-17(9-8-16(18)11-21-24)23(26-3)12-14-4-6-15(7-5-14)19(25)22-20/h4-11,13H,12,20H2,1-3H3,(H,22,25). The molecule has 3 aromatic rings. The van der Waals surface area contributed by atoms with Gasteiger partial charge in [-0.15, -0.1) is 0 Å². The summed E-state index contributed by atoms with van der Waals surface area (Å²) in [6.45, 7) is 4.99. The van der Waals surface area contributed by atoms with E-state index >= 15 is 0 Å². The van der Waals surface area contributed by atoms with E-state index in [1.54, 1.807) is 24.1 Å². The lowest BCUT2D eigenvalue weighted by molar-refractivity contribution is 0.0953. The molecule has 7 heteroatoms. The van der Waals surface area contributed by atoms with Crippen molar-refractivity contribution in [1.29, 1.82) is 0 Å². The second kappa shape index (κ2) is 7.80. The zero-order valence-electron chi connectivity index (χ0n) is 15.1. The van der Waals surface area contributed by atoms with Crippen LogP contribution < -0.4 is 15.6 Å². The summed E-state index contributed by atoms with van der Waals surface area (Å²) in [5, 5.41) is 5.62. The highest BCUT2D eigenvalue weighted by molar-refractivity contribution is 7.99. The Balaban J connectivity index is 1.85. The molecule has 26 heavy (non-hydrogen) atoms. The van der Waals surface area contributed by atoms with Crippen LogP contribution in [-0.2, 0) is 6.54 Å². The first-order valence-corrected chi connectivity index (χ1v) is 9.60. The van der Waals surface area contributed by atoms with Gasteiger partial charge < -0.3 is 4.31 Å². The predicted molar refractivity (Wildman–Crippen MR) is 108 cm³/mol. The third-order valence-electron chi connectivity index (χ3n) is 4.25. The van der Waals surface area contributed by atoms with Crippen LogP contribution >= 0.6 is 11.9 Å². The van der Waals surface area contributed by atoms with Gasteiger partial charge in [0.2, 0.25) is 0 Å². The Kier molecular flexibility index (Phi) is 5.49. The highest BCUT2D eigenvalue weighted by Crippen LogP contribution is 2.28. The average Bonchev–Trinajstić information content (AvgIpc) is 3.09. The number of hydrogen-bond donors (Lipinski definition) is 2. The fraction of sp³-hybridized carbons (Fsp3) is 0.263. The Morgan fingerprint density at radius 1 is 1.27 bits per heavy atom. The van der Waals surface area contributed by atoms with Crippen LogP contribution in [0.1, 0.15) is 35.8 Å². The maximum Gasteiger partial charge on any atom is 0.265 e. The van der Waals surface area contributed by atoms with Gasteiger partial charge in [0.05, 0.1) is 18.3 Å². The fourth-order valence-corrected chi connectivity index (χ4v) is 3.47. The topological polar surface area (TPSA) is 76.2 Å². The van der Waals surface area contributed by atoms with Gasteiger partial charge in [0.1, 0.15) is 0 Å². The van der Waals surface area contributed by atoms with Gasteiger partial charge in [-0.2, -0.15) is 5.10 Å². The number of anilines is 1. The van der Waals surface area contributed by atoms with Crippen molar-refractivity contribution in [2.24, 2.45) is 5.84 Å². The van der Waals surface area contributed by atoms with Crippen molar-refractivity contribution < 1.29 is 4.79 Å². The Bertz CT molecular complexity index is 904. The first-order valence-electron chi connectivity index (χ1n) is 8.42. The van der Waals surface area contributed by atoms with Crippen molar-refractivity contribution in [3.63, 3.8) is 0 Å². The summed E-state index contributed by atoms with van der Waals surface area (Å²) in [6, 6.07) is 14.2. The minimum absolute atomic E-state index is 0.286. The third kappa shape index (κ3) is 3.68. The molecule has 1 aromatic heterocycles. The Morgan fingerprint density at radius 2 is 2.00 bits per heavy atom. The summed E-state index contributed by atoms with van der Waals surface area (Å²) >= 11 is 1.66. The lowest BCUT2D eigenvalue weighted by atomic mass is 10.1. The van der Waals surface area contributed by atoms with Crippen LogP contribution in [0.15, 0.2) is 48.7 Å². The van der Waals surface area contributed by atoms with Crippen LogP contribution in [0.4, 0.5) is 5.69 Å². The molecule has 0 aliphatic heterocycles. The van der Waals surface area contributed by atoms with Crippen molar-refractivity contribution in [2.45, 2.75) is 26.4 Å². The summed E-state index contributed by atoms with van der Waals surface area (Å²) in [5.74, 6) is 4.89. The molecule has 0 saturated carbocycles. The molecule has 0 unspecified atom stereocenters. The zero-order valence-corrected chi connectivity index (χ0v) is 16.0. The van der Waals surface area contributed by atoms with E-state index in [4.69, 9.17) is 5.84 Å². The second-order valence-corrected chi connectivity index (χ2v) is 7.12. The van der Waals surface area contributed by atoms with Crippen molar-refractivity contribution in [2.75, 3.05) is 10.6 Å². The van der Waals surface area contributed by atoms with Gasteiger partial charge in [0.15, 0.2) is 0 Å². The Morgan fingerprint density at radius 3 is 2.62 bits per heavy atom. The fourth-order valence-electron chi connectivity index (χ4n) is 2.86. The summed E-state index contributed by atoms with van der Waals surface area (Å²) in [5.41, 5.74) is 6.06.